The van der Waals surface area contributed by atoms with E-state index in [-0.39, 0.29) is 0 Å². The Morgan fingerprint density at radius 3 is 3.19 bits per heavy atom. The number of rotatable bonds is 1. The summed E-state index contributed by atoms with van der Waals surface area (Å²) >= 11 is 3.52. The van der Waals surface area contributed by atoms with Crippen molar-refractivity contribution in [2.75, 3.05) is 6.61 Å². The van der Waals surface area contributed by atoms with E-state index in [0.717, 1.165) is 28.9 Å². The number of H-pyrrole nitrogens is 1. The molecule has 4 heteroatoms. The molecule has 0 radical (unpaired) electrons. The van der Waals surface area contributed by atoms with Crippen LogP contribution in [0.2, 0.25) is 0 Å². The van der Waals surface area contributed by atoms with Gasteiger partial charge in [-0.05, 0) is 28.4 Å². The fourth-order valence-electron chi connectivity index (χ4n) is 2.16. The number of aromatic nitrogens is 2. The van der Waals surface area contributed by atoms with Crippen LogP contribution in [-0.2, 0) is 0 Å². The first-order valence-electron chi connectivity index (χ1n) is 5.26. The molecule has 2 aromatic rings. The quantitative estimate of drug-likeness (QED) is 0.871. The van der Waals surface area contributed by atoms with Crippen LogP contribution in [-0.4, -0.2) is 16.6 Å². The number of para-hydroxylation sites is 1. The molecule has 1 atom stereocenters. The third kappa shape index (κ3) is 1.53. The molecule has 1 aliphatic heterocycles. The largest absolute Gasteiger partial charge is 0.492 e. The van der Waals surface area contributed by atoms with Crippen LogP contribution >= 0.6 is 15.9 Å². The second kappa shape index (κ2) is 3.94. The van der Waals surface area contributed by atoms with Gasteiger partial charge in [0.15, 0.2) is 0 Å². The number of ether oxygens (including phenoxy) is 1. The Balaban J connectivity index is 2.10. The summed E-state index contributed by atoms with van der Waals surface area (Å²) in [6.45, 7) is 0.743. The van der Waals surface area contributed by atoms with E-state index in [9.17, 15) is 0 Å². The summed E-state index contributed by atoms with van der Waals surface area (Å²) in [6, 6.07) is 6.15. The third-order valence-electron chi connectivity index (χ3n) is 2.90. The van der Waals surface area contributed by atoms with Crippen LogP contribution in [0.15, 0.2) is 35.2 Å². The summed E-state index contributed by atoms with van der Waals surface area (Å²) in [7, 11) is 0. The van der Waals surface area contributed by atoms with Crippen LogP contribution < -0.4 is 4.74 Å². The fourth-order valence-corrected chi connectivity index (χ4v) is 2.65. The van der Waals surface area contributed by atoms with E-state index in [1.807, 2.05) is 18.3 Å². The molecule has 1 aromatic heterocycles. The average molecular weight is 279 g/mol. The highest BCUT2D eigenvalue weighted by Gasteiger charge is 2.25. The molecule has 3 rings (SSSR count). The molecule has 2 heterocycles. The number of nitrogens with one attached hydrogen (secondary N) is 1. The number of nitrogens with zero attached hydrogens (tertiary/aromatic N) is 1. The maximum absolute atomic E-state index is 5.70. The summed E-state index contributed by atoms with van der Waals surface area (Å²) in [6.07, 6.45) is 4.66. The van der Waals surface area contributed by atoms with Gasteiger partial charge in [-0.3, -0.25) is 0 Å². The van der Waals surface area contributed by atoms with Gasteiger partial charge >= 0.3 is 0 Å². The summed E-state index contributed by atoms with van der Waals surface area (Å²) in [5, 5.41) is 0. The van der Waals surface area contributed by atoms with E-state index in [1.165, 1.54) is 5.56 Å². The Kier molecular flexibility index (Phi) is 2.44. The summed E-state index contributed by atoms with van der Waals surface area (Å²) in [5.41, 5.74) is 2.30. The minimum Gasteiger partial charge on any atom is -0.492 e. The Bertz CT molecular complexity index is 496. The van der Waals surface area contributed by atoms with Crippen LogP contribution in [0.5, 0.6) is 5.75 Å². The number of hydrogen-bond acceptors (Lipinski definition) is 2. The first kappa shape index (κ1) is 9.90. The van der Waals surface area contributed by atoms with Crippen LogP contribution in [0.1, 0.15) is 23.6 Å². The lowest BCUT2D eigenvalue weighted by molar-refractivity contribution is 0.274. The van der Waals surface area contributed by atoms with Crippen molar-refractivity contribution in [3.05, 3.63) is 46.5 Å². The zero-order valence-corrected chi connectivity index (χ0v) is 10.2. The molecule has 0 spiro atoms. The molecular formula is C12H11BrN2O. The van der Waals surface area contributed by atoms with Crippen molar-refractivity contribution in [1.82, 2.24) is 9.97 Å². The highest BCUT2D eigenvalue weighted by atomic mass is 79.9. The van der Waals surface area contributed by atoms with E-state index < -0.39 is 0 Å². The highest BCUT2D eigenvalue weighted by molar-refractivity contribution is 9.10. The summed E-state index contributed by atoms with van der Waals surface area (Å²) in [5.74, 6) is 1.30. The maximum atomic E-state index is 5.70. The standard InChI is InChI=1S/C12H11BrN2O/c13-10-3-1-2-9-8(4-5-16-12(9)10)11-6-14-7-15-11/h1-3,6-8H,4-5H2,(H,14,15). The predicted octanol–water partition coefficient (Wildman–Crippen LogP) is 3.09. The van der Waals surface area contributed by atoms with Gasteiger partial charge in [0, 0.05) is 17.7 Å². The molecule has 1 aliphatic rings. The van der Waals surface area contributed by atoms with Gasteiger partial charge in [-0.2, -0.15) is 0 Å². The lowest BCUT2D eigenvalue weighted by atomic mass is 9.91. The normalized spacial score (nSPS) is 18.9. The summed E-state index contributed by atoms with van der Waals surface area (Å²) in [4.78, 5) is 7.35. The Morgan fingerprint density at radius 2 is 2.38 bits per heavy atom. The third-order valence-corrected chi connectivity index (χ3v) is 3.53. The van der Waals surface area contributed by atoms with Gasteiger partial charge < -0.3 is 9.72 Å². The molecule has 3 nitrogen and oxygen atoms in total. The molecule has 0 amide bonds. The number of fused-ring (bicyclic) bond motifs is 1. The minimum atomic E-state index is 0.340. The van der Waals surface area contributed by atoms with Crippen molar-refractivity contribution in [2.24, 2.45) is 0 Å². The van der Waals surface area contributed by atoms with Crippen molar-refractivity contribution in [3.8, 4) is 5.75 Å². The Hall–Kier alpha value is -1.29. The van der Waals surface area contributed by atoms with Crippen molar-refractivity contribution in [3.63, 3.8) is 0 Å². The van der Waals surface area contributed by atoms with Gasteiger partial charge in [0.25, 0.3) is 0 Å². The first-order valence-corrected chi connectivity index (χ1v) is 6.05. The minimum absolute atomic E-state index is 0.340. The molecule has 1 unspecified atom stereocenters. The number of halogens is 1. The van der Waals surface area contributed by atoms with Crippen LogP contribution in [0.4, 0.5) is 0 Å². The van der Waals surface area contributed by atoms with E-state index in [0.29, 0.717) is 5.92 Å². The summed E-state index contributed by atoms with van der Waals surface area (Å²) < 4.78 is 6.72. The van der Waals surface area contributed by atoms with Gasteiger partial charge in [-0.15, -0.1) is 0 Å². The van der Waals surface area contributed by atoms with Crippen molar-refractivity contribution in [2.45, 2.75) is 12.3 Å². The van der Waals surface area contributed by atoms with Crippen molar-refractivity contribution >= 4 is 15.9 Å². The SMILES string of the molecule is Brc1cccc2c1OCCC2c1c[nH]cn1. The van der Waals surface area contributed by atoms with E-state index in [1.54, 1.807) is 6.33 Å². The second-order valence-electron chi connectivity index (χ2n) is 3.84. The molecule has 0 fully saturated rings. The van der Waals surface area contributed by atoms with Crippen LogP contribution in [0, 0.1) is 0 Å². The van der Waals surface area contributed by atoms with Gasteiger partial charge in [0.1, 0.15) is 5.75 Å². The van der Waals surface area contributed by atoms with Gasteiger partial charge in [0.2, 0.25) is 0 Å². The molecule has 16 heavy (non-hydrogen) atoms. The molecule has 0 saturated carbocycles. The number of imidazole rings is 1. The van der Waals surface area contributed by atoms with Gasteiger partial charge in [-0.25, -0.2) is 4.98 Å². The molecule has 1 N–H and O–H groups in total. The zero-order valence-electron chi connectivity index (χ0n) is 8.61. The number of benzene rings is 1. The molecule has 0 bridgehead atoms. The van der Waals surface area contributed by atoms with Crippen molar-refractivity contribution in [1.29, 1.82) is 0 Å². The smallest absolute Gasteiger partial charge is 0.137 e. The molecule has 0 aliphatic carbocycles. The van der Waals surface area contributed by atoms with E-state index in [2.05, 4.69) is 32.0 Å². The van der Waals surface area contributed by atoms with E-state index >= 15 is 0 Å². The zero-order chi connectivity index (χ0) is 11.0. The molecular weight excluding hydrogens is 268 g/mol. The maximum Gasteiger partial charge on any atom is 0.137 e. The molecule has 82 valence electrons. The first-order chi connectivity index (χ1) is 7.86. The Labute approximate surface area is 102 Å². The highest BCUT2D eigenvalue weighted by Crippen LogP contribution is 2.41. The van der Waals surface area contributed by atoms with Gasteiger partial charge in [-0.1, -0.05) is 12.1 Å². The van der Waals surface area contributed by atoms with Crippen LogP contribution in [0.25, 0.3) is 0 Å². The fraction of sp³-hybridized carbons (Fsp3) is 0.250. The predicted molar refractivity (Wildman–Crippen MR) is 64.7 cm³/mol. The topological polar surface area (TPSA) is 37.9 Å². The number of hydrogen-bond donors (Lipinski definition) is 1. The lowest BCUT2D eigenvalue weighted by Crippen LogP contribution is -2.15. The molecule has 1 aromatic carbocycles. The monoisotopic (exact) mass is 278 g/mol. The Morgan fingerprint density at radius 1 is 1.44 bits per heavy atom. The van der Waals surface area contributed by atoms with Crippen molar-refractivity contribution < 1.29 is 4.74 Å². The second-order valence-corrected chi connectivity index (χ2v) is 4.70. The van der Waals surface area contributed by atoms with Crippen LogP contribution in [0.3, 0.4) is 0 Å². The van der Waals surface area contributed by atoms with E-state index in [4.69, 9.17) is 4.74 Å². The average Bonchev–Trinajstić information content (AvgIpc) is 2.82. The number of aromatic amines is 1. The molecule has 0 saturated heterocycles. The van der Waals surface area contributed by atoms with Gasteiger partial charge in [0.05, 0.1) is 23.1 Å². The lowest BCUT2D eigenvalue weighted by Gasteiger charge is -2.25.